The highest BCUT2D eigenvalue weighted by atomic mass is 32.2. The predicted octanol–water partition coefficient (Wildman–Crippen LogP) is 0.748. The number of rotatable bonds is 12. The number of thioether (sulfide) groups is 1. The Bertz CT molecular complexity index is 105. The summed E-state index contributed by atoms with van der Waals surface area (Å²) in [4.78, 5) is 0. The molecule has 0 aliphatic rings. The Hall–Kier alpha value is 0.190. The molecular formula is C10H23NO3S. The van der Waals surface area contributed by atoms with Gasteiger partial charge in [0, 0.05) is 12.9 Å². The van der Waals surface area contributed by atoms with Gasteiger partial charge < -0.3 is 19.9 Å². The molecule has 0 rings (SSSR count). The van der Waals surface area contributed by atoms with Crippen molar-refractivity contribution < 1.29 is 14.2 Å². The number of nitrogens with two attached hydrogens (primary N) is 1. The van der Waals surface area contributed by atoms with E-state index in [2.05, 4.69) is 0 Å². The van der Waals surface area contributed by atoms with E-state index in [4.69, 9.17) is 19.9 Å². The van der Waals surface area contributed by atoms with Crippen LogP contribution in [0, 0.1) is 0 Å². The molecule has 0 aliphatic carbocycles. The summed E-state index contributed by atoms with van der Waals surface area (Å²) in [6.07, 6.45) is 1.09. The van der Waals surface area contributed by atoms with Crippen molar-refractivity contribution in [3.05, 3.63) is 0 Å². The molecule has 2 N–H and O–H groups in total. The molecule has 0 aromatic carbocycles. The fourth-order valence-electron chi connectivity index (χ4n) is 0.870. The quantitative estimate of drug-likeness (QED) is 0.508. The third-order valence-electron chi connectivity index (χ3n) is 1.67. The number of ether oxygens (including phenoxy) is 3. The van der Waals surface area contributed by atoms with Gasteiger partial charge in [-0.15, -0.1) is 0 Å². The normalized spacial score (nSPS) is 10.8. The Morgan fingerprint density at radius 1 is 0.933 bits per heavy atom. The van der Waals surface area contributed by atoms with Gasteiger partial charge in [0.1, 0.15) is 0 Å². The van der Waals surface area contributed by atoms with Gasteiger partial charge in [0.15, 0.2) is 0 Å². The van der Waals surface area contributed by atoms with Crippen LogP contribution in [0.1, 0.15) is 6.42 Å². The number of methoxy groups -OCH3 is 1. The number of hydrogen-bond acceptors (Lipinski definition) is 5. The molecule has 0 unspecified atom stereocenters. The van der Waals surface area contributed by atoms with E-state index >= 15 is 0 Å². The monoisotopic (exact) mass is 237 g/mol. The molecule has 0 atom stereocenters. The van der Waals surface area contributed by atoms with Gasteiger partial charge in [-0.3, -0.25) is 0 Å². The number of hydrogen-bond donors (Lipinski definition) is 1. The third-order valence-corrected chi connectivity index (χ3v) is 2.70. The summed E-state index contributed by atoms with van der Waals surface area (Å²) in [6.45, 7) is 4.18. The van der Waals surface area contributed by atoms with Crippen molar-refractivity contribution in [3.63, 3.8) is 0 Å². The molecule has 0 amide bonds. The molecule has 92 valence electrons. The minimum atomic E-state index is 0.644. The Labute approximate surface area is 96.8 Å². The first-order valence-electron chi connectivity index (χ1n) is 5.34. The van der Waals surface area contributed by atoms with Crippen LogP contribution in [0.5, 0.6) is 0 Å². The second-order valence-electron chi connectivity index (χ2n) is 2.97. The standard InChI is InChI=1S/C10H23NO3S/c1-12-4-5-13-6-7-14-8-10-15-9-2-3-11/h2-11H2,1H3. The highest BCUT2D eigenvalue weighted by Crippen LogP contribution is 2.00. The second-order valence-corrected chi connectivity index (χ2v) is 4.20. The van der Waals surface area contributed by atoms with Crippen LogP contribution >= 0.6 is 11.8 Å². The van der Waals surface area contributed by atoms with E-state index in [0.717, 1.165) is 31.1 Å². The van der Waals surface area contributed by atoms with Crippen molar-refractivity contribution in [2.75, 3.05) is 58.2 Å². The van der Waals surface area contributed by atoms with Crippen LogP contribution in [-0.2, 0) is 14.2 Å². The van der Waals surface area contributed by atoms with E-state index < -0.39 is 0 Å². The fraction of sp³-hybridized carbons (Fsp3) is 1.00. The smallest absolute Gasteiger partial charge is 0.0701 e. The molecule has 0 heterocycles. The first-order valence-corrected chi connectivity index (χ1v) is 6.49. The molecule has 0 aromatic rings. The van der Waals surface area contributed by atoms with E-state index in [1.54, 1.807) is 7.11 Å². The zero-order valence-corrected chi connectivity index (χ0v) is 10.4. The van der Waals surface area contributed by atoms with Crippen LogP contribution in [-0.4, -0.2) is 58.2 Å². The molecule has 0 aromatic heterocycles. The predicted molar refractivity (Wildman–Crippen MR) is 64.5 cm³/mol. The lowest BCUT2D eigenvalue weighted by molar-refractivity contribution is 0.0286. The van der Waals surface area contributed by atoms with Crippen molar-refractivity contribution in [3.8, 4) is 0 Å². The third kappa shape index (κ3) is 14.2. The highest BCUT2D eigenvalue weighted by Gasteiger charge is 1.91. The van der Waals surface area contributed by atoms with Crippen molar-refractivity contribution in [1.29, 1.82) is 0 Å². The van der Waals surface area contributed by atoms with Crippen LogP contribution in [0.3, 0.4) is 0 Å². The van der Waals surface area contributed by atoms with E-state index in [1.165, 1.54) is 0 Å². The summed E-state index contributed by atoms with van der Waals surface area (Å²) in [5.41, 5.74) is 5.38. The lowest BCUT2D eigenvalue weighted by Gasteiger charge is -2.05. The molecule has 0 fully saturated rings. The zero-order chi connectivity index (χ0) is 11.2. The molecule has 0 saturated heterocycles. The van der Waals surface area contributed by atoms with Crippen molar-refractivity contribution >= 4 is 11.8 Å². The Balaban J connectivity index is 2.81. The van der Waals surface area contributed by atoms with Gasteiger partial charge in [-0.05, 0) is 18.7 Å². The largest absolute Gasteiger partial charge is 0.382 e. The molecule has 0 saturated carbocycles. The van der Waals surface area contributed by atoms with Gasteiger partial charge in [-0.1, -0.05) is 0 Å². The molecule has 0 bridgehead atoms. The van der Waals surface area contributed by atoms with E-state index in [-0.39, 0.29) is 0 Å². The molecule has 0 aliphatic heterocycles. The van der Waals surface area contributed by atoms with Gasteiger partial charge in [0.05, 0.1) is 33.0 Å². The fourth-order valence-corrected chi connectivity index (χ4v) is 1.68. The summed E-state index contributed by atoms with van der Waals surface area (Å²) in [5, 5.41) is 0. The van der Waals surface area contributed by atoms with Gasteiger partial charge in [0.25, 0.3) is 0 Å². The first-order chi connectivity index (χ1) is 7.41. The lowest BCUT2D eigenvalue weighted by atomic mass is 10.5. The van der Waals surface area contributed by atoms with Gasteiger partial charge in [-0.25, -0.2) is 0 Å². The van der Waals surface area contributed by atoms with E-state index in [9.17, 15) is 0 Å². The second kappa shape index (κ2) is 14.2. The van der Waals surface area contributed by atoms with E-state index in [1.807, 2.05) is 11.8 Å². The topological polar surface area (TPSA) is 53.7 Å². The summed E-state index contributed by atoms with van der Waals surface area (Å²) in [7, 11) is 1.67. The zero-order valence-electron chi connectivity index (χ0n) is 9.57. The van der Waals surface area contributed by atoms with Gasteiger partial charge >= 0.3 is 0 Å². The van der Waals surface area contributed by atoms with Gasteiger partial charge in [-0.2, -0.15) is 11.8 Å². The van der Waals surface area contributed by atoms with Crippen molar-refractivity contribution in [2.24, 2.45) is 5.73 Å². The molecule has 15 heavy (non-hydrogen) atoms. The lowest BCUT2D eigenvalue weighted by Crippen LogP contribution is -2.09. The maximum atomic E-state index is 5.38. The first kappa shape index (κ1) is 15.2. The average molecular weight is 237 g/mol. The Kier molecular flexibility index (Phi) is 14.4. The maximum absolute atomic E-state index is 5.38. The summed E-state index contributed by atoms with van der Waals surface area (Å²) < 4.78 is 15.5. The summed E-state index contributed by atoms with van der Waals surface area (Å²) in [6, 6.07) is 0. The molecule has 4 nitrogen and oxygen atoms in total. The van der Waals surface area contributed by atoms with Crippen LogP contribution < -0.4 is 5.73 Å². The average Bonchev–Trinajstić information content (AvgIpc) is 2.26. The maximum Gasteiger partial charge on any atom is 0.0701 e. The van der Waals surface area contributed by atoms with Crippen LogP contribution in [0.25, 0.3) is 0 Å². The van der Waals surface area contributed by atoms with Crippen LogP contribution in [0.4, 0.5) is 0 Å². The van der Waals surface area contributed by atoms with Crippen molar-refractivity contribution in [2.45, 2.75) is 6.42 Å². The minimum Gasteiger partial charge on any atom is -0.382 e. The van der Waals surface area contributed by atoms with Crippen LogP contribution in [0.2, 0.25) is 0 Å². The Morgan fingerprint density at radius 2 is 1.60 bits per heavy atom. The highest BCUT2D eigenvalue weighted by molar-refractivity contribution is 7.99. The summed E-state index contributed by atoms with van der Waals surface area (Å²) in [5.74, 6) is 2.17. The Morgan fingerprint density at radius 3 is 2.27 bits per heavy atom. The molecular weight excluding hydrogens is 214 g/mol. The summed E-state index contributed by atoms with van der Waals surface area (Å²) >= 11 is 1.88. The van der Waals surface area contributed by atoms with E-state index in [0.29, 0.717) is 26.4 Å². The SMILES string of the molecule is COCCOCCOCCSCCCN. The minimum absolute atomic E-state index is 0.644. The van der Waals surface area contributed by atoms with Gasteiger partial charge in [0.2, 0.25) is 0 Å². The molecule has 5 heteroatoms. The molecule has 0 radical (unpaired) electrons. The van der Waals surface area contributed by atoms with Crippen molar-refractivity contribution in [1.82, 2.24) is 0 Å². The van der Waals surface area contributed by atoms with Crippen LogP contribution in [0.15, 0.2) is 0 Å². The molecule has 0 spiro atoms.